The summed E-state index contributed by atoms with van der Waals surface area (Å²) in [7, 11) is 0. The van der Waals surface area contributed by atoms with Crippen molar-refractivity contribution in [2.75, 3.05) is 0 Å². The molecule has 0 radical (unpaired) electrons. The van der Waals surface area contributed by atoms with E-state index >= 15 is 0 Å². The molecule has 0 aliphatic heterocycles. The number of aromatic nitrogens is 2. The van der Waals surface area contributed by atoms with Gasteiger partial charge in [0.05, 0.1) is 16.8 Å². The summed E-state index contributed by atoms with van der Waals surface area (Å²) in [5, 5.41) is 1.16. The highest BCUT2D eigenvalue weighted by Gasteiger charge is 2.54. The summed E-state index contributed by atoms with van der Waals surface area (Å²) in [5.74, 6) is 1.66. The first-order chi connectivity index (χ1) is 28.8. The summed E-state index contributed by atoms with van der Waals surface area (Å²) < 4.78 is 6.71. The SMILES string of the molecule is c1ccc(-c2cccc(-c3cc(-c4ccccc4)nc(-c4ccc(-c5cccc6c5-c5ccccc5C65c6ccccc6-c6oc7ccccc7c65)cc4)n3)c2)cc1. The van der Waals surface area contributed by atoms with Gasteiger partial charge in [0, 0.05) is 33.2 Å². The highest BCUT2D eigenvalue weighted by molar-refractivity contribution is 6.04. The van der Waals surface area contributed by atoms with Crippen molar-refractivity contribution < 1.29 is 4.42 Å². The third kappa shape index (κ3) is 4.74. The minimum absolute atomic E-state index is 0.500. The van der Waals surface area contributed by atoms with Gasteiger partial charge < -0.3 is 4.42 Å². The Kier molecular flexibility index (Phi) is 7.14. The van der Waals surface area contributed by atoms with E-state index in [0.29, 0.717) is 5.82 Å². The normalized spacial score (nSPS) is 14.6. The predicted octanol–water partition coefficient (Wildman–Crippen LogP) is 13.9. The Morgan fingerprint density at radius 1 is 0.362 bits per heavy atom. The topological polar surface area (TPSA) is 38.9 Å². The number of benzene rings is 8. The average molecular weight is 739 g/mol. The smallest absolute Gasteiger partial charge is 0.160 e. The van der Waals surface area contributed by atoms with Gasteiger partial charge >= 0.3 is 0 Å². The predicted molar refractivity (Wildman–Crippen MR) is 235 cm³/mol. The zero-order chi connectivity index (χ0) is 38.2. The van der Waals surface area contributed by atoms with E-state index in [1.165, 1.54) is 44.5 Å². The highest BCUT2D eigenvalue weighted by atomic mass is 16.3. The molecular weight excluding hydrogens is 705 g/mol. The molecule has 1 unspecified atom stereocenters. The van der Waals surface area contributed by atoms with Gasteiger partial charge in [0.15, 0.2) is 5.82 Å². The fourth-order valence-electron chi connectivity index (χ4n) is 9.65. The molecule has 0 saturated heterocycles. The molecular formula is C55H34N2O. The van der Waals surface area contributed by atoms with Crippen LogP contribution in [0.5, 0.6) is 0 Å². The van der Waals surface area contributed by atoms with Crippen LogP contribution in [-0.4, -0.2) is 9.97 Å². The molecule has 1 atom stereocenters. The fraction of sp³-hybridized carbons (Fsp3) is 0.0182. The molecule has 0 fully saturated rings. The van der Waals surface area contributed by atoms with Crippen molar-refractivity contribution in [3.05, 3.63) is 229 Å². The molecule has 2 aliphatic rings. The lowest BCUT2D eigenvalue weighted by molar-refractivity contribution is 0.628. The van der Waals surface area contributed by atoms with Gasteiger partial charge in [-0.15, -0.1) is 0 Å². The van der Waals surface area contributed by atoms with Crippen molar-refractivity contribution in [3.8, 4) is 78.6 Å². The molecule has 10 aromatic rings. The number of hydrogen-bond donors (Lipinski definition) is 0. The van der Waals surface area contributed by atoms with Crippen molar-refractivity contribution in [2.45, 2.75) is 5.41 Å². The standard InChI is InChI=1S/C55H34N2O/c1-3-15-35(16-4-1)39-19-13-20-40(33-39)49-34-48(37-17-5-2-6-18-37)56-54(57-49)38-31-29-36(30-32-38)41-24-14-27-47-51(41)42-21-7-10-25-45(42)55(47)46-26-11-8-22-43(46)53-52(55)44-23-9-12-28-50(44)58-53/h1-34H. The molecule has 3 heteroatoms. The van der Waals surface area contributed by atoms with E-state index in [0.717, 1.165) is 61.5 Å². The number of nitrogens with zero attached hydrogens (tertiary/aromatic N) is 2. The lowest BCUT2D eigenvalue weighted by Gasteiger charge is -2.30. The second kappa shape index (κ2) is 12.7. The molecule has 2 aromatic heterocycles. The van der Waals surface area contributed by atoms with Crippen LogP contribution in [0.1, 0.15) is 22.3 Å². The van der Waals surface area contributed by atoms with Gasteiger partial charge in [-0.1, -0.05) is 188 Å². The van der Waals surface area contributed by atoms with Crippen LogP contribution in [0.3, 0.4) is 0 Å². The molecule has 8 aromatic carbocycles. The minimum Gasteiger partial charge on any atom is -0.456 e. The number of furan rings is 1. The van der Waals surface area contributed by atoms with Gasteiger partial charge in [-0.05, 0) is 68.3 Å². The number of rotatable bonds is 5. The Hall–Kier alpha value is -7.62. The van der Waals surface area contributed by atoms with Gasteiger partial charge in [0.2, 0.25) is 0 Å². The maximum absolute atomic E-state index is 6.71. The molecule has 270 valence electrons. The van der Waals surface area contributed by atoms with E-state index < -0.39 is 5.41 Å². The molecule has 0 saturated carbocycles. The Morgan fingerprint density at radius 3 is 1.71 bits per heavy atom. The molecule has 2 aliphatic carbocycles. The molecule has 2 heterocycles. The molecule has 3 nitrogen and oxygen atoms in total. The number of para-hydroxylation sites is 1. The summed E-state index contributed by atoms with van der Waals surface area (Å²) in [6, 6.07) is 73.5. The first kappa shape index (κ1) is 32.6. The quantitative estimate of drug-likeness (QED) is 0.176. The largest absolute Gasteiger partial charge is 0.456 e. The second-order valence-electron chi connectivity index (χ2n) is 15.2. The third-order valence-electron chi connectivity index (χ3n) is 12.1. The van der Waals surface area contributed by atoms with E-state index in [-0.39, 0.29) is 0 Å². The van der Waals surface area contributed by atoms with Crippen molar-refractivity contribution in [2.24, 2.45) is 0 Å². The van der Waals surface area contributed by atoms with E-state index in [2.05, 4.69) is 194 Å². The maximum Gasteiger partial charge on any atom is 0.160 e. The van der Waals surface area contributed by atoms with Crippen molar-refractivity contribution in [1.82, 2.24) is 9.97 Å². The van der Waals surface area contributed by atoms with Crippen LogP contribution in [0.25, 0.3) is 89.6 Å². The maximum atomic E-state index is 6.71. The highest BCUT2D eigenvalue weighted by Crippen LogP contribution is 2.65. The van der Waals surface area contributed by atoms with Crippen LogP contribution in [0.15, 0.2) is 211 Å². The van der Waals surface area contributed by atoms with Crippen LogP contribution in [0, 0.1) is 0 Å². The Morgan fingerprint density at radius 2 is 0.914 bits per heavy atom. The average Bonchev–Trinajstić information content (AvgIpc) is 3.93. The van der Waals surface area contributed by atoms with Crippen LogP contribution in [0.4, 0.5) is 0 Å². The van der Waals surface area contributed by atoms with E-state index in [1.807, 2.05) is 12.1 Å². The van der Waals surface area contributed by atoms with Gasteiger partial charge in [0.25, 0.3) is 0 Å². The first-order valence-corrected chi connectivity index (χ1v) is 19.8. The number of hydrogen-bond acceptors (Lipinski definition) is 3. The van der Waals surface area contributed by atoms with Crippen molar-refractivity contribution in [3.63, 3.8) is 0 Å². The Bertz CT molecular complexity index is 3220. The molecule has 0 N–H and O–H groups in total. The van der Waals surface area contributed by atoms with Crippen LogP contribution < -0.4 is 0 Å². The fourth-order valence-corrected chi connectivity index (χ4v) is 9.65. The summed E-state index contributed by atoms with van der Waals surface area (Å²) in [5.41, 5.74) is 18.7. The summed E-state index contributed by atoms with van der Waals surface area (Å²) in [6.07, 6.45) is 0. The van der Waals surface area contributed by atoms with E-state index in [4.69, 9.17) is 14.4 Å². The van der Waals surface area contributed by atoms with Crippen LogP contribution in [-0.2, 0) is 5.41 Å². The first-order valence-electron chi connectivity index (χ1n) is 19.8. The second-order valence-corrected chi connectivity index (χ2v) is 15.2. The minimum atomic E-state index is -0.500. The molecule has 58 heavy (non-hydrogen) atoms. The van der Waals surface area contributed by atoms with Gasteiger partial charge in [0.1, 0.15) is 11.3 Å². The Balaban J connectivity index is 1.01. The zero-order valence-corrected chi connectivity index (χ0v) is 31.4. The lowest BCUT2D eigenvalue weighted by Crippen LogP contribution is -2.25. The summed E-state index contributed by atoms with van der Waals surface area (Å²) in [4.78, 5) is 10.4. The molecule has 0 bridgehead atoms. The zero-order valence-electron chi connectivity index (χ0n) is 31.4. The van der Waals surface area contributed by atoms with Crippen molar-refractivity contribution in [1.29, 1.82) is 0 Å². The summed E-state index contributed by atoms with van der Waals surface area (Å²) in [6.45, 7) is 0. The monoisotopic (exact) mass is 738 g/mol. The van der Waals surface area contributed by atoms with Gasteiger partial charge in [-0.25, -0.2) is 9.97 Å². The van der Waals surface area contributed by atoms with E-state index in [1.54, 1.807) is 0 Å². The molecule has 1 spiro atoms. The van der Waals surface area contributed by atoms with Gasteiger partial charge in [-0.3, -0.25) is 0 Å². The third-order valence-corrected chi connectivity index (χ3v) is 12.1. The van der Waals surface area contributed by atoms with Crippen LogP contribution >= 0.6 is 0 Å². The van der Waals surface area contributed by atoms with Gasteiger partial charge in [-0.2, -0.15) is 0 Å². The summed E-state index contributed by atoms with van der Waals surface area (Å²) >= 11 is 0. The van der Waals surface area contributed by atoms with Crippen molar-refractivity contribution >= 4 is 11.0 Å². The van der Waals surface area contributed by atoms with E-state index in [9.17, 15) is 0 Å². The van der Waals surface area contributed by atoms with Crippen LogP contribution in [0.2, 0.25) is 0 Å². The number of fused-ring (bicyclic) bond motifs is 12. The molecule has 0 amide bonds. The molecule has 12 rings (SSSR count). The lowest BCUT2D eigenvalue weighted by atomic mass is 9.70. The Labute approximate surface area is 336 Å².